The first-order valence-electron chi connectivity index (χ1n) is 9.49. The van der Waals surface area contributed by atoms with Crippen molar-refractivity contribution in [2.24, 2.45) is 11.3 Å². The first-order chi connectivity index (χ1) is 12.2. The average Bonchev–Trinajstić information content (AvgIpc) is 2.60. The lowest BCUT2D eigenvalue weighted by molar-refractivity contribution is -0.127. The first kappa shape index (κ1) is 20.3. The van der Waals surface area contributed by atoms with Crippen molar-refractivity contribution in [1.29, 1.82) is 0 Å². The summed E-state index contributed by atoms with van der Waals surface area (Å²) < 4.78 is 0. The standard InChI is InChI=1S/C21H33N3O2/c1-21(2,3)14-18(16-10-7-6-8-11-16)22-19(25)17-12-9-13-24(15-17)20(26)23(4)5/h6-8,10-11,17-18H,9,12-15H2,1-5H3,(H,22,25)/t17-,18-/m1/s1. The second kappa shape index (κ2) is 8.56. The SMILES string of the molecule is CN(C)C(=O)N1CCC[C@@H](C(=O)N[C@H](CC(C)(C)C)c2ccccc2)C1. The summed E-state index contributed by atoms with van der Waals surface area (Å²) in [6, 6.07) is 10.1. The number of nitrogens with zero attached hydrogens (tertiary/aromatic N) is 2. The fourth-order valence-corrected chi connectivity index (χ4v) is 3.49. The quantitative estimate of drug-likeness (QED) is 0.892. The van der Waals surface area contributed by atoms with Crippen molar-refractivity contribution in [2.75, 3.05) is 27.2 Å². The van der Waals surface area contributed by atoms with Crippen LogP contribution in [0.2, 0.25) is 0 Å². The van der Waals surface area contributed by atoms with Gasteiger partial charge in [-0.3, -0.25) is 4.79 Å². The lowest BCUT2D eigenvalue weighted by Gasteiger charge is -2.35. The molecular formula is C21H33N3O2. The van der Waals surface area contributed by atoms with Gasteiger partial charge < -0.3 is 15.1 Å². The Hall–Kier alpha value is -2.04. The Balaban J connectivity index is 2.07. The molecule has 0 bridgehead atoms. The van der Waals surface area contributed by atoms with Crippen molar-refractivity contribution in [1.82, 2.24) is 15.1 Å². The van der Waals surface area contributed by atoms with Gasteiger partial charge in [-0.2, -0.15) is 0 Å². The predicted molar refractivity (Wildman–Crippen MR) is 105 cm³/mol. The number of benzene rings is 1. The molecule has 26 heavy (non-hydrogen) atoms. The molecule has 1 aliphatic rings. The Labute approximate surface area is 157 Å². The highest BCUT2D eigenvalue weighted by atomic mass is 16.2. The number of likely N-dealkylation sites (tertiary alicyclic amines) is 1. The molecule has 1 aromatic rings. The number of urea groups is 1. The van der Waals surface area contributed by atoms with E-state index in [4.69, 9.17) is 0 Å². The van der Waals surface area contributed by atoms with Crippen LogP contribution in [0.3, 0.4) is 0 Å². The van der Waals surface area contributed by atoms with Gasteiger partial charge in [-0.15, -0.1) is 0 Å². The molecule has 1 fully saturated rings. The number of piperidine rings is 1. The molecule has 5 nitrogen and oxygen atoms in total. The maximum Gasteiger partial charge on any atom is 0.319 e. The predicted octanol–water partition coefficient (Wildman–Crippen LogP) is 3.67. The fraction of sp³-hybridized carbons (Fsp3) is 0.619. The van der Waals surface area contributed by atoms with Crippen LogP contribution in [0.1, 0.15) is 51.6 Å². The Morgan fingerprint density at radius 2 is 1.88 bits per heavy atom. The average molecular weight is 360 g/mol. The largest absolute Gasteiger partial charge is 0.349 e. The number of hydrogen-bond acceptors (Lipinski definition) is 2. The van der Waals surface area contributed by atoms with E-state index >= 15 is 0 Å². The lowest BCUT2D eigenvalue weighted by Crippen LogP contribution is -2.49. The van der Waals surface area contributed by atoms with Crippen molar-refractivity contribution in [3.63, 3.8) is 0 Å². The number of rotatable bonds is 4. The molecule has 1 aromatic carbocycles. The van der Waals surface area contributed by atoms with Crippen molar-refractivity contribution in [3.05, 3.63) is 35.9 Å². The first-order valence-corrected chi connectivity index (χ1v) is 9.49. The molecule has 0 aliphatic carbocycles. The summed E-state index contributed by atoms with van der Waals surface area (Å²) in [4.78, 5) is 28.5. The third-order valence-electron chi connectivity index (χ3n) is 4.78. The molecule has 0 aromatic heterocycles. The van der Waals surface area contributed by atoms with Crippen LogP contribution in [0.15, 0.2) is 30.3 Å². The van der Waals surface area contributed by atoms with Gasteiger partial charge in [0.15, 0.2) is 0 Å². The smallest absolute Gasteiger partial charge is 0.319 e. The molecule has 2 atom stereocenters. The fourth-order valence-electron chi connectivity index (χ4n) is 3.49. The van der Waals surface area contributed by atoms with Crippen molar-refractivity contribution < 1.29 is 9.59 Å². The topological polar surface area (TPSA) is 52.7 Å². The van der Waals surface area contributed by atoms with E-state index in [0.717, 1.165) is 31.4 Å². The Morgan fingerprint density at radius 1 is 1.23 bits per heavy atom. The third-order valence-corrected chi connectivity index (χ3v) is 4.78. The van der Waals surface area contributed by atoms with Gasteiger partial charge in [0, 0.05) is 27.2 Å². The summed E-state index contributed by atoms with van der Waals surface area (Å²) in [6.07, 6.45) is 2.57. The maximum absolute atomic E-state index is 12.9. The van der Waals surface area contributed by atoms with Gasteiger partial charge in [0.1, 0.15) is 0 Å². The zero-order chi connectivity index (χ0) is 19.3. The minimum absolute atomic E-state index is 0.0105. The molecule has 1 N–H and O–H groups in total. The minimum Gasteiger partial charge on any atom is -0.349 e. The Bertz CT molecular complexity index is 607. The van der Waals surface area contributed by atoms with Crippen LogP contribution in [-0.2, 0) is 4.79 Å². The number of carbonyl (C=O) groups is 2. The van der Waals surface area contributed by atoms with Crippen molar-refractivity contribution >= 4 is 11.9 Å². The van der Waals surface area contributed by atoms with Crippen LogP contribution in [0.5, 0.6) is 0 Å². The highest BCUT2D eigenvalue weighted by molar-refractivity contribution is 5.81. The van der Waals surface area contributed by atoms with E-state index in [9.17, 15) is 9.59 Å². The van der Waals surface area contributed by atoms with Crippen LogP contribution in [0.4, 0.5) is 4.79 Å². The van der Waals surface area contributed by atoms with Crippen molar-refractivity contribution in [3.8, 4) is 0 Å². The highest BCUT2D eigenvalue weighted by Gasteiger charge is 2.31. The van der Waals surface area contributed by atoms with Gasteiger partial charge in [-0.25, -0.2) is 4.79 Å². The van der Waals surface area contributed by atoms with E-state index in [0.29, 0.717) is 6.54 Å². The minimum atomic E-state index is -0.140. The summed E-state index contributed by atoms with van der Waals surface area (Å²) in [7, 11) is 3.50. The van der Waals surface area contributed by atoms with Crippen LogP contribution in [-0.4, -0.2) is 48.9 Å². The lowest BCUT2D eigenvalue weighted by atomic mass is 9.85. The number of amides is 3. The molecule has 5 heteroatoms. The van der Waals surface area contributed by atoms with E-state index in [-0.39, 0.29) is 29.3 Å². The van der Waals surface area contributed by atoms with Gasteiger partial charge in [-0.1, -0.05) is 51.1 Å². The Kier molecular flexibility index (Phi) is 6.68. The molecule has 0 radical (unpaired) electrons. The molecule has 3 amide bonds. The van der Waals surface area contributed by atoms with E-state index in [2.05, 4.69) is 38.2 Å². The summed E-state index contributed by atoms with van der Waals surface area (Å²) in [5.74, 6) is -0.0850. The van der Waals surface area contributed by atoms with E-state index in [1.807, 2.05) is 18.2 Å². The monoisotopic (exact) mass is 359 g/mol. The summed E-state index contributed by atoms with van der Waals surface area (Å²) in [5, 5.41) is 3.26. The van der Waals surface area contributed by atoms with Gasteiger partial charge in [0.2, 0.25) is 5.91 Å². The number of hydrogen-bond donors (Lipinski definition) is 1. The second-order valence-corrected chi connectivity index (χ2v) is 8.70. The zero-order valence-electron chi connectivity index (χ0n) is 16.8. The second-order valence-electron chi connectivity index (χ2n) is 8.70. The molecule has 0 unspecified atom stereocenters. The highest BCUT2D eigenvalue weighted by Crippen LogP contribution is 2.30. The van der Waals surface area contributed by atoms with Crippen LogP contribution in [0.25, 0.3) is 0 Å². The van der Waals surface area contributed by atoms with Crippen LogP contribution >= 0.6 is 0 Å². The number of nitrogens with one attached hydrogen (secondary N) is 1. The van der Waals surface area contributed by atoms with Crippen LogP contribution < -0.4 is 5.32 Å². The van der Waals surface area contributed by atoms with Gasteiger partial charge in [0.25, 0.3) is 0 Å². The van der Waals surface area contributed by atoms with Gasteiger partial charge in [-0.05, 0) is 30.2 Å². The normalized spacial score (nSPS) is 19.0. The molecule has 1 saturated heterocycles. The summed E-state index contributed by atoms with van der Waals surface area (Å²) in [5.41, 5.74) is 1.24. The van der Waals surface area contributed by atoms with Gasteiger partial charge in [0.05, 0.1) is 12.0 Å². The zero-order valence-corrected chi connectivity index (χ0v) is 16.8. The summed E-state index contributed by atoms with van der Waals surface area (Å²) in [6.45, 7) is 7.79. The molecular weight excluding hydrogens is 326 g/mol. The molecule has 0 saturated carbocycles. The third kappa shape index (κ3) is 5.75. The molecule has 2 rings (SSSR count). The van der Waals surface area contributed by atoms with Crippen LogP contribution in [0, 0.1) is 11.3 Å². The van der Waals surface area contributed by atoms with Gasteiger partial charge >= 0.3 is 6.03 Å². The van der Waals surface area contributed by atoms with E-state index in [1.165, 1.54) is 0 Å². The molecule has 1 heterocycles. The summed E-state index contributed by atoms with van der Waals surface area (Å²) >= 11 is 0. The maximum atomic E-state index is 12.9. The molecule has 1 aliphatic heterocycles. The van der Waals surface area contributed by atoms with E-state index < -0.39 is 0 Å². The molecule has 144 valence electrons. The van der Waals surface area contributed by atoms with Crippen molar-refractivity contribution in [2.45, 2.75) is 46.1 Å². The number of carbonyl (C=O) groups excluding carboxylic acids is 2. The Morgan fingerprint density at radius 3 is 2.46 bits per heavy atom. The van der Waals surface area contributed by atoms with E-state index in [1.54, 1.807) is 23.9 Å². The molecule has 0 spiro atoms.